The van der Waals surface area contributed by atoms with Crippen molar-refractivity contribution in [3.63, 3.8) is 0 Å². The van der Waals surface area contributed by atoms with Gasteiger partial charge in [-0.1, -0.05) is 43.3 Å². The molecule has 0 aliphatic heterocycles. The van der Waals surface area contributed by atoms with Gasteiger partial charge in [0.05, 0.1) is 0 Å². The number of ketones is 1. The summed E-state index contributed by atoms with van der Waals surface area (Å²) in [7, 11) is 0. The molecule has 0 radical (unpaired) electrons. The van der Waals surface area contributed by atoms with E-state index in [2.05, 4.69) is 11.9 Å². The third-order valence-electron chi connectivity index (χ3n) is 3.35. The largest absolute Gasteiger partial charge is 0.324 e. The first-order chi connectivity index (χ1) is 9.69. The van der Waals surface area contributed by atoms with E-state index in [0.717, 1.165) is 17.7 Å². The van der Waals surface area contributed by atoms with Gasteiger partial charge in [-0.2, -0.15) is 0 Å². The topological polar surface area (TPSA) is 56.0 Å². The number of carbonyl (C=O) groups excluding carboxylic acids is 1. The van der Waals surface area contributed by atoms with E-state index in [9.17, 15) is 4.79 Å². The van der Waals surface area contributed by atoms with Crippen LogP contribution in [0.25, 0.3) is 0 Å². The highest BCUT2D eigenvalue weighted by Gasteiger charge is 2.12. The molecule has 1 atom stereocenters. The van der Waals surface area contributed by atoms with Crippen molar-refractivity contribution in [2.45, 2.75) is 32.2 Å². The standard InChI is InChI=1S/C17H20N2O/c1-2-13-8-9-15(19-12-13)10-16(20)11-17(18)14-6-4-3-5-7-14/h3-9,12,17H,2,10-11,18H2,1H3. The molecule has 1 heterocycles. The predicted molar refractivity (Wildman–Crippen MR) is 80.3 cm³/mol. The first kappa shape index (κ1) is 14.4. The summed E-state index contributed by atoms with van der Waals surface area (Å²) in [4.78, 5) is 16.3. The van der Waals surface area contributed by atoms with E-state index in [1.54, 1.807) is 0 Å². The number of aryl methyl sites for hydroxylation is 1. The maximum Gasteiger partial charge on any atom is 0.140 e. The number of aromatic nitrogens is 1. The normalized spacial score (nSPS) is 12.1. The molecule has 3 nitrogen and oxygen atoms in total. The van der Waals surface area contributed by atoms with Crippen LogP contribution in [0, 0.1) is 0 Å². The van der Waals surface area contributed by atoms with Gasteiger partial charge in [-0.05, 0) is 23.6 Å². The molecular weight excluding hydrogens is 248 g/mol. The second-order valence-corrected chi connectivity index (χ2v) is 4.95. The number of hydrogen-bond donors (Lipinski definition) is 1. The molecule has 3 heteroatoms. The van der Waals surface area contributed by atoms with E-state index >= 15 is 0 Å². The molecule has 0 bridgehead atoms. The zero-order valence-corrected chi connectivity index (χ0v) is 11.8. The van der Waals surface area contributed by atoms with Gasteiger partial charge in [-0.25, -0.2) is 0 Å². The Hall–Kier alpha value is -2.00. The molecule has 0 fully saturated rings. The van der Waals surface area contributed by atoms with E-state index in [0.29, 0.717) is 12.8 Å². The van der Waals surface area contributed by atoms with Gasteiger partial charge in [0.15, 0.2) is 0 Å². The second kappa shape index (κ2) is 6.96. The van der Waals surface area contributed by atoms with Crippen molar-refractivity contribution in [2.24, 2.45) is 5.73 Å². The number of pyridine rings is 1. The number of rotatable bonds is 6. The summed E-state index contributed by atoms with van der Waals surface area (Å²) >= 11 is 0. The fraction of sp³-hybridized carbons (Fsp3) is 0.294. The zero-order chi connectivity index (χ0) is 14.4. The van der Waals surface area contributed by atoms with Gasteiger partial charge < -0.3 is 5.73 Å². The maximum atomic E-state index is 12.0. The molecule has 0 amide bonds. The Morgan fingerprint density at radius 3 is 2.55 bits per heavy atom. The van der Waals surface area contributed by atoms with E-state index < -0.39 is 0 Å². The van der Waals surface area contributed by atoms with Crippen molar-refractivity contribution < 1.29 is 4.79 Å². The van der Waals surface area contributed by atoms with Crippen molar-refractivity contribution in [3.05, 3.63) is 65.5 Å². The molecule has 2 N–H and O–H groups in total. The Balaban J connectivity index is 1.91. The van der Waals surface area contributed by atoms with Crippen molar-refractivity contribution >= 4 is 5.78 Å². The van der Waals surface area contributed by atoms with Gasteiger partial charge >= 0.3 is 0 Å². The smallest absolute Gasteiger partial charge is 0.140 e. The summed E-state index contributed by atoms with van der Waals surface area (Å²) in [6.45, 7) is 2.08. The predicted octanol–water partition coefficient (Wildman–Crippen LogP) is 2.85. The lowest BCUT2D eigenvalue weighted by Gasteiger charge is -2.11. The second-order valence-electron chi connectivity index (χ2n) is 4.95. The third-order valence-corrected chi connectivity index (χ3v) is 3.35. The van der Waals surface area contributed by atoms with Crippen molar-refractivity contribution in [2.75, 3.05) is 0 Å². The minimum atomic E-state index is -0.237. The summed E-state index contributed by atoms with van der Waals surface area (Å²) < 4.78 is 0. The average Bonchev–Trinajstić information content (AvgIpc) is 2.49. The first-order valence-electron chi connectivity index (χ1n) is 6.95. The quantitative estimate of drug-likeness (QED) is 0.876. The van der Waals surface area contributed by atoms with Crippen LogP contribution in [0.15, 0.2) is 48.7 Å². The summed E-state index contributed by atoms with van der Waals surface area (Å²) in [5.74, 6) is 0.123. The van der Waals surface area contributed by atoms with E-state index in [4.69, 9.17) is 5.73 Å². The minimum absolute atomic E-state index is 0.123. The fourth-order valence-corrected chi connectivity index (χ4v) is 2.11. The van der Waals surface area contributed by atoms with Crippen LogP contribution in [-0.4, -0.2) is 10.8 Å². The molecule has 0 saturated heterocycles. The molecular formula is C17H20N2O. The Kier molecular flexibility index (Phi) is 5.02. The lowest BCUT2D eigenvalue weighted by molar-refractivity contribution is -0.118. The van der Waals surface area contributed by atoms with Gasteiger partial charge in [0.1, 0.15) is 5.78 Å². The SMILES string of the molecule is CCc1ccc(CC(=O)CC(N)c2ccccc2)nc1. The van der Waals surface area contributed by atoms with E-state index in [1.165, 1.54) is 5.56 Å². The molecule has 104 valence electrons. The molecule has 0 aliphatic rings. The molecule has 20 heavy (non-hydrogen) atoms. The number of nitrogens with zero attached hydrogens (tertiary/aromatic N) is 1. The Bertz CT molecular complexity index is 549. The Morgan fingerprint density at radius 2 is 1.95 bits per heavy atom. The average molecular weight is 268 g/mol. The van der Waals surface area contributed by atoms with Gasteiger partial charge in [-0.3, -0.25) is 9.78 Å². The van der Waals surface area contributed by atoms with E-state index in [1.807, 2.05) is 48.7 Å². The number of nitrogens with two attached hydrogens (primary N) is 1. The first-order valence-corrected chi connectivity index (χ1v) is 6.95. The lowest BCUT2D eigenvalue weighted by Crippen LogP contribution is -2.17. The summed E-state index contributed by atoms with van der Waals surface area (Å²) in [5, 5.41) is 0. The molecule has 2 aromatic rings. The molecule has 1 aromatic carbocycles. The van der Waals surface area contributed by atoms with Crippen LogP contribution in [0.3, 0.4) is 0 Å². The van der Waals surface area contributed by atoms with Crippen LogP contribution in [0.1, 0.15) is 36.2 Å². The molecule has 0 saturated carbocycles. The van der Waals surface area contributed by atoms with Crippen LogP contribution < -0.4 is 5.73 Å². The van der Waals surface area contributed by atoms with Gasteiger partial charge in [-0.15, -0.1) is 0 Å². The number of carbonyl (C=O) groups is 1. The highest BCUT2D eigenvalue weighted by atomic mass is 16.1. The van der Waals surface area contributed by atoms with Gasteiger partial charge in [0.2, 0.25) is 0 Å². The van der Waals surface area contributed by atoms with Crippen LogP contribution in [0.4, 0.5) is 0 Å². The number of benzene rings is 1. The van der Waals surface area contributed by atoms with Gasteiger partial charge in [0.25, 0.3) is 0 Å². The van der Waals surface area contributed by atoms with Crippen molar-refractivity contribution in [3.8, 4) is 0 Å². The minimum Gasteiger partial charge on any atom is -0.324 e. The van der Waals surface area contributed by atoms with Crippen LogP contribution in [0.5, 0.6) is 0 Å². The molecule has 2 rings (SSSR count). The van der Waals surface area contributed by atoms with Crippen molar-refractivity contribution in [1.82, 2.24) is 4.98 Å². The lowest BCUT2D eigenvalue weighted by atomic mass is 10.00. The van der Waals surface area contributed by atoms with Crippen molar-refractivity contribution in [1.29, 1.82) is 0 Å². The molecule has 1 aromatic heterocycles. The Morgan fingerprint density at radius 1 is 1.20 bits per heavy atom. The summed E-state index contributed by atoms with van der Waals surface area (Å²) in [6.07, 6.45) is 3.49. The number of hydrogen-bond acceptors (Lipinski definition) is 3. The molecule has 0 aliphatic carbocycles. The summed E-state index contributed by atoms with van der Waals surface area (Å²) in [6, 6.07) is 13.4. The highest BCUT2D eigenvalue weighted by Crippen LogP contribution is 2.14. The highest BCUT2D eigenvalue weighted by molar-refractivity contribution is 5.81. The monoisotopic (exact) mass is 268 g/mol. The third kappa shape index (κ3) is 4.00. The molecule has 1 unspecified atom stereocenters. The Labute approximate surface area is 119 Å². The zero-order valence-electron chi connectivity index (χ0n) is 11.8. The fourth-order valence-electron chi connectivity index (χ4n) is 2.11. The summed E-state index contributed by atoms with van der Waals surface area (Å²) in [5.41, 5.74) is 9.04. The van der Waals surface area contributed by atoms with Gasteiger partial charge in [0, 0.05) is 30.8 Å². The van der Waals surface area contributed by atoms with Crippen LogP contribution >= 0.6 is 0 Å². The molecule has 0 spiro atoms. The van der Waals surface area contributed by atoms with Crippen LogP contribution in [0.2, 0.25) is 0 Å². The maximum absolute atomic E-state index is 12.0. The van der Waals surface area contributed by atoms with E-state index in [-0.39, 0.29) is 11.8 Å². The number of Topliss-reactive ketones (excluding diaryl/α,β-unsaturated/α-hetero) is 1. The van der Waals surface area contributed by atoms with Crippen LogP contribution in [-0.2, 0) is 17.6 Å².